The monoisotopic (exact) mass is 1000 g/mol. The molecular formula is C36H46N10O20S2. The van der Waals surface area contributed by atoms with Gasteiger partial charge < -0.3 is 52.3 Å². The molecule has 3 aromatic rings. The summed E-state index contributed by atoms with van der Waals surface area (Å²) in [5.74, 6) is -6.62. The normalized spacial score (nSPS) is 24.7. The molecule has 2 fully saturated rings. The molecule has 5 heterocycles. The Morgan fingerprint density at radius 2 is 0.912 bits per heavy atom. The molecule has 0 bridgehead atoms. The molecule has 10 atom stereocenters. The zero-order valence-electron chi connectivity index (χ0n) is 37.3. The maximum Gasteiger partial charge on any atom is 0.303 e. The lowest BCUT2D eigenvalue weighted by atomic mass is 9.97. The van der Waals surface area contributed by atoms with Crippen LogP contribution in [0.4, 0.5) is 5.13 Å². The number of aromatic nitrogens is 8. The Morgan fingerprint density at radius 1 is 0.559 bits per heavy atom. The Bertz CT molecular complexity index is 2350. The van der Waals surface area contributed by atoms with E-state index in [4.69, 9.17) is 52.5 Å². The van der Waals surface area contributed by atoms with E-state index >= 15 is 0 Å². The van der Waals surface area contributed by atoms with Crippen molar-refractivity contribution in [2.45, 2.75) is 134 Å². The zero-order chi connectivity index (χ0) is 50.2. The molecular weight excluding hydrogens is 957 g/mol. The van der Waals surface area contributed by atoms with Crippen molar-refractivity contribution in [2.24, 2.45) is 5.14 Å². The first-order valence-corrected chi connectivity index (χ1v) is 22.3. The minimum atomic E-state index is -4.36. The van der Waals surface area contributed by atoms with E-state index in [1.54, 1.807) is 0 Å². The molecule has 2 saturated heterocycles. The minimum Gasteiger partial charge on any atom is -0.463 e. The first-order chi connectivity index (χ1) is 31.9. The summed E-state index contributed by atoms with van der Waals surface area (Å²) < 4.78 is 81.7. The molecule has 5 rings (SSSR count). The number of hydrogen-bond acceptors (Lipinski definition) is 28. The Morgan fingerprint density at radius 3 is 1.24 bits per heavy atom. The van der Waals surface area contributed by atoms with Gasteiger partial charge in [0.1, 0.15) is 36.8 Å². The first-order valence-electron chi connectivity index (χ1n) is 19.9. The van der Waals surface area contributed by atoms with E-state index in [0.29, 0.717) is 11.3 Å². The molecule has 32 heteroatoms. The molecule has 372 valence electrons. The van der Waals surface area contributed by atoms with Gasteiger partial charge in [-0.1, -0.05) is 21.8 Å². The number of esters is 8. The summed E-state index contributed by atoms with van der Waals surface area (Å²) in [5.41, 5.74) is 0.189. The van der Waals surface area contributed by atoms with Crippen molar-refractivity contribution in [2.75, 3.05) is 18.1 Å². The Hall–Kier alpha value is -6.77. The average molecular weight is 1000 g/mol. The summed E-state index contributed by atoms with van der Waals surface area (Å²) in [5, 5.41) is 29.6. The maximum absolute atomic E-state index is 12.4. The van der Waals surface area contributed by atoms with Crippen LogP contribution in [0.25, 0.3) is 0 Å². The SMILES string of the molecule is CC(=O)OC[C@H]1O[C@@H](n2cc(CN(Cc3cn([C@@H]4O[C@H](COC(C)=O)[C@@H](OC(C)=O)[C@H](OC(C)=O)[C@H]4OC(C)=O)nn3)c3nnc(S(N)(=O)=O)s3)nn2)[C@H](OC(C)=O)[C@@H](OC(C)=O)[C@@H]1OC(C)=O. The van der Waals surface area contributed by atoms with Crippen LogP contribution >= 0.6 is 11.3 Å². The fourth-order valence-electron chi connectivity index (χ4n) is 6.88. The topological polar surface area (TPSA) is 379 Å². The third-order valence-electron chi connectivity index (χ3n) is 9.18. The lowest BCUT2D eigenvalue weighted by molar-refractivity contribution is -0.270. The predicted molar refractivity (Wildman–Crippen MR) is 216 cm³/mol. The van der Waals surface area contributed by atoms with E-state index in [1.165, 1.54) is 17.3 Å². The highest BCUT2D eigenvalue weighted by atomic mass is 32.2. The van der Waals surface area contributed by atoms with Crippen molar-refractivity contribution in [3.8, 4) is 0 Å². The first kappa shape index (κ1) is 52.2. The summed E-state index contributed by atoms with van der Waals surface area (Å²) >= 11 is 0.562. The zero-order valence-corrected chi connectivity index (χ0v) is 39.0. The number of hydrogen-bond donors (Lipinski definition) is 1. The number of sulfonamides is 1. The van der Waals surface area contributed by atoms with E-state index in [2.05, 4.69) is 30.8 Å². The molecule has 0 amide bonds. The van der Waals surface area contributed by atoms with Gasteiger partial charge in [-0.2, -0.15) is 0 Å². The van der Waals surface area contributed by atoms with Crippen molar-refractivity contribution in [1.82, 2.24) is 40.2 Å². The van der Waals surface area contributed by atoms with Gasteiger partial charge >= 0.3 is 47.8 Å². The van der Waals surface area contributed by atoms with Gasteiger partial charge in [0, 0.05) is 55.4 Å². The molecule has 0 radical (unpaired) electrons. The fraction of sp³-hybridized carbons (Fsp3) is 0.611. The predicted octanol–water partition coefficient (Wildman–Crippen LogP) is -1.91. The summed E-state index contributed by atoms with van der Waals surface area (Å²) in [6, 6.07) is 0. The molecule has 68 heavy (non-hydrogen) atoms. The van der Waals surface area contributed by atoms with E-state index in [-0.39, 0.29) is 29.6 Å². The molecule has 0 saturated carbocycles. The largest absolute Gasteiger partial charge is 0.463 e. The highest BCUT2D eigenvalue weighted by molar-refractivity contribution is 7.91. The highest BCUT2D eigenvalue weighted by Gasteiger charge is 2.55. The molecule has 2 aliphatic rings. The van der Waals surface area contributed by atoms with Crippen molar-refractivity contribution < 1.29 is 94.1 Å². The summed E-state index contributed by atoms with van der Waals surface area (Å²) in [6.07, 6.45) is -12.1. The van der Waals surface area contributed by atoms with Crippen molar-refractivity contribution in [3.05, 3.63) is 23.8 Å². The van der Waals surface area contributed by atoms with Crippen molar-refractivity contribution in [1.29, 1.82) is 0 Å². The average Bonchev–Trinajstić information content (AvgIpc) is 4.00. The summed E-state index contributed by atoms with van der Waals surface area (Å²) in [7, 11) is -4.36. The van der Waals surface area contributed by atoms with Gasteiger partial charge in [-0.15, -0.1) is 20.4 Å². The molecule has 0 aromatic carbocycles. The summed E-state index contributed by atoms with van der Waals surface area (Å²) in [6.45, 7) is 6.98. The van der Waals surface area contributed by atoms with Crippen molar-refractivity contribution in [3.63, 3.8) is 0 Å². The van der Waals surface area contributed by atoms with Gasteiger partial charge in [0.25, 0.3) is 10.0 Å². The number of primary sulfonamides is 1. The maximum atomic E-state index is 12.4. The molecule has 2 N–H and O–H groups in total. The molecule has 0 aliphatic carbocycles. The Kier molecular flexibility index (Phi) is 17.2. The number of carbonyl (C=O) groups is 8. The van der Waals surface area contributed by atoms with Crippen molar-refractivity contribution >= 4 is 74.2 Å². The standard InChI is InChI=1S/C36H46N10O20S2/c1-15(47)57-13-25-27(59-17(3)49)29(61-19(5)51)31(63-21(7)53)33(65-25)45-11-23(38-42-45)9-44(35-40-41-36(67-35)68(37,55)56)10-24-12-46(43-39-24)34-32(64-22(8)54)30(62-20(6)52)28(60-18(4)50)26(66-34)14-58-16(2)48/h11-12,25-34H,9-10,13-14H2,1-8H3,(H2,37,55,56)/t25-,26-,27-,28-,29+,30+,31-,32-,33-,34-/m1/s1. The van der Waals surface area contributed by atoms with Crippen LogP contribution in [-0.2, 0) is 109 Å². The lowest BCUT2D eigenvalue weighted by Crippen LogP contribution is -2.60. The molecule has 2 aliphatic heterocycles. The Balaban J connectivity index is 1.52. The quantitative estimate of drug-likeness (QED) is 0.107. The van der Waals surface area contributed by atoms with Crippen LogP contribution in [0.2, 0.25) is 0 Å². The second-order valence-electron chi connectivity index (χ2n) is 14.8. The van der Waals surface area contributed by atoms with E-state index in [1.807, 2.05) is 0 Å². The van der Waals surface area contributed by atoms with Crippen LogP contribution in [0.3, 0.4) is 0 Å². The Labute approximate surface area is 388 Å². The van der Waals surface area contributed by atoms with Gasteiger partial charge in [-0.05, 0) is 0 Å². The molecule has 0 spiro atoms. The van der Waals surface area contributed by atoms with Gasteiger partial charge in [0.15, 0.2) is 49.1 Å². The lowest BCUT2D eigenvalue weighted by Gasteiger charge is -2.44. The van der Waals surface area contributed by atoms with E-state index in [0.717, 1.165) is 64.8 Å². The third-order valence-corrected chi connectivity index (χ3v) is 11.5. The smallest absolute Gasteiger partial charge is 0.303 e. The third kappa shape index (κ3) is 13.9. The van der Waals surface area contributed by atoms with Gasteiger partial charge in [0.2, 0.25) is 9.47 Å². The fourth-order valence-corrected chi connectivity index (χ4v) is 8.31. The van der Waals surface area contributed by atoms with Gasteiger partial charge in [0.05, 0.1) is 25.5 Å². The number of rotatable bonds is 18. The van der Waals surface area contributed by atoms with E-state index in [9.17, 15) is 46.8 Å². The summed E-state index contributed by atoms with van der Waals surface area (Å²) in [4.78, 5) is 99.1. The number of ether oxygens (including phenoxy) is 10. The van der Waals surface area contributed by atoms with Gasteiger partial charge in [-0.3, -0.25) is 38.4 Å². The van der Waals surface area contributed by atoms with Crippen LogP contribution < -0.4 is 10.0 Å². The van der Waals surface area contributed by atoms with Crippen LogP contribution in [0.15, 0.2) is 16.7 Å². The number of carbonyl (C=O) groups excluding carboxylic acids is 8. The second kappa shape index (κ2) is 22.4. The molecule has 3 aromatic heterocycles. The van der Waals surface area contributed by atoms with Crippen LogP contribution in [0.5, 0.6) is 0 Å². The van der Waals surface area contributed by atoms with E-state index < -0.39 is 137 Å². The second-order valence-corrected chi connectivity index (χ2v) is 17.5. The number of nitrogens with zero attached hydrogens (tertiary/aromatic N) is 9. The minimum absolute atomic E-state index is 0.0577. The molecule has 0 unspecified atom stereocenters. The van der Waals surface area contributed by atoms with Crippen LogP contribution in [0.1, 0.15) is 79.2 Å². The number of anilines is 1. The highest BCUT2D eigenvalue weighted by Crippen LogP contribution is 2.37. The van der Waals surface area contributed by atoms with Crippen LogP contribution in [0, 0.1) is 0 Å². The number of nitrogens with two attached hydrogens (primary N) is 1. The molecule has 30 nitrogen and oxygen atoms in total. The van der Waals surface area contributed by atoms with Gasteiger partial charge in [-0.25, -0.2) is 22.9 Å². The van der Waals surface area contributed by atoms with Crippen LogP contribution in [-0.4, -0.2) is 158 Å².